The summed E-state index contributed by atoms with van der Waals surface area (Å²) in [7, 11) is 1.75. The molecule has 0 saturated carbocycles. The molecule has 1 fully saturated rings. The molecule has 1 aromatic heterocycles. The number of ether oxygens (including phenoxy) is 1. The van der Waals surface area contributed by atoms with E-state index in [1.165, 1.54) is 48.9 Å². The SMILES string of the molecule is CCCc1c(OC)ccc2c(CN3CCCCC3)ccnc12. The van der Waals surface area contributed by atoms with Crippen LogP contribution in [0.5, 0.6) is 5.75 Å². The molecule has 0 spiro atoms. The van der Waals surface area contributed by atoms with Crippen LogP contribution in [0.3, 0.4) is 0 Å². The van der Waals surface area contributed by atoms with Crippen molar-refractivity contribution in [3.63, 3.8) is 0 Å². The summed E-state index contributed by atoms with van der Waals surface area (Å²) in [5.41, 5.74) is 3.77. The van der Waals surface area contributed by atoms with Gasteiger partial charge in [0, 0.05) is 23.7 Å². The number of hydrogen-bond acceptors (Lipinski definition) is 3. The Kier molecular flexibility index (Phi) is 4.94. The molecular formula is C19H26N2O. The predicted molar refractivity (Wildman–Crippen MR) is 91.4 cm³/mol. The topological polar surface area (TPSA) is 25.4 Å². The van der Waals surface area contributed by atoms with Crippen LogP contribution in [0.25, 0.3) is 10.9 Å². The average Bonchev–Trinajstić information content (AvgIpc) is 2.57. The van der Waals surface area contributed by atoms with Crippen LogP contribution in [0.1, 0.15) is 43.7 Å². The van der Waals surface area contributed by atoms with Gasteiger partial charge in [0.15, 0.2) is 0 Å². The standard InChI is InChI=1S/C19H26N2O/c1-3-7-17-18(22-2)9-8-16-15(10-11-20-19(16)17)14-21-12-5-4-6-13-21/h8-11H,3-7,12-14H2,1-2H3. The van der Waals surface area contributed by atoms with Gasteiger partial charge in [0.05, 0.1) is 12.6 Å². The van der Waals surface area contributed by atoms with E-state index in [0.29, 0.717) is 0 Å². The number of aromatic nitrogens is 1. The number of piperidine rings is 1. The lowest BCUT2D eigenvalue weighted by atomic mass is 10.0. The lowest BCUT2D eigenvalue weighted by Gasteiger charge is -2.27. The van der Waals surface area contributed by atoms with Crippen molar-refractivity contribution in [3.05, 3.63) is 35.5 Å². The van der Waals surface area contributed by atoms with E-state index in [9.17, 15) is 0 Å². The summed E-state index contributed by atoms with van der Waals surface area (Å²) in [6.45, 7) is 5.69. The third-order valence-corrected chi connectivity index (χ3v) is 4.63. The molecule has 3 nitrogen and oxygen atoms in total. The molecule has 2 aromatic rings. The van der Waals surface area contributed by atoms with Crippen LogP contribution in [0.4, 0.5) is 0 Å². The summed E-state index contributed by atoms with van der Waals surface area (Å²) in [5.74, 6) is 0.969. The molecule has 2 heterocycles. The van der Waals surface area contributed by atoms with Crippen molar-refractivity contribution >= 4 is 10.9 Å². The minimum Gasteiger partial charge on any atom is -0.496 e. The lowest BCUT2D eigenvalue weighted by molar-refractivity contribution is 0.221. The number of hydrogen-bond donors (Lipinski definition) is 0. The Labute approximate surface area is 133 Å². The smallest absolute Gasteiger partial charge is 0.124 e. The van der Waals surface area contributed by atoms with Crippen molar-refractivity contribution in [2.45, 2.75) is 45.6 Å². The minimum absolute atomic E-state index is 0.969. The first-order valence-corrected chi connectivity index (χ1v) is 8.49. The van der Waals surface area contributed by atoms with Gasteiger partial charge >= 0.3 is 0 Å². The van der Waals surface area contributed by atoms with E-state index in [0.717, 1.165) is 30.7 Å². The maximum atomic E-state index is 5.55. The van der Waals surface area contributed by atoms with Crippen molar-refractivity contribution in [2.24, 2.45) is 0 Å². The molecular weight excluding hydrogens is 272 g/mol. The fraction of sp³-hybridized carbons (Fsp3) is 0.526. The molecule has 3 heteroatoms. The van der Waals surface area contributed by atoms with E-state index >= 15 is 0 Å². The van der Waals surface area contributed by atoms with Crippen LogP contribution in [-0.2, 0) is 13.0 Å². The summed E-state index contributed by atoms with van der Waals surface area (Å²) < 4.78 is 5.55. The minimum atomic E-state index is 0.969. The number of aryl methyl sites for hydroxylation is 1. The third kappa shape index (κ3) is 3.09. The zero-order chi connectivity index (χ0) is 15.4. The van der Waals surface area contributed by atoms with E-state index in [1.807, 2.05) is 6.20 Å². The molecule has 1 aliphatic heterocycles. The van der Waals surface area contributed by atoms with E-state index < -0.39 is 0 Å². The highest BCUT2D eigenvalue weighted by Crippen LogP contribution is 2.30. The van der Waals surface area contributed by atoms with Gasteiger partial charge in [-0.2, -0.15) is 0 Å². The summed E-state index contributed by atoms with van der Waals surface area (Å²) in [6.07, 6.45) is 8.12. The molecule has 0 radical (unpaired) electrons. The Hall–Kier alpha value is -1.61. The van der Waals surface area contributed by atoms with E-state index in [4.69, 9.17) is 4.74 Å². The predicted octanol–water partition coefficient (Wildman–Crippen LogP) is 4.18. The van der Waals surface area contributed by atoms with Crippen LogP contribution in [0, 0.1) is 0 Å². The molecule has 0 aliphatic carbocycles. The van der Waals surface area contributed by atoms with Gasteiger partial charge in [0.1, 0.15) is 5.75 Å². The summed E-state index contributed by atoms with van der Waals surface area (Å²) >= 11 is 0. The monoisotopic (exact) mass is 298 g/mol. The van der Waals surface area contributed by atoms with Crippen LogP contribution in [-0.4, -0.2) is 30.1 Å². The number of benzene rings is 1. The lowest BCUT2D eigenvalue weighted by Crippen LogP contribution is -2.29. The quantitative estimate of drug-likeness (QED) is 0.828. The van der Waals surface area contributed by atoms with Gasteiger partial charge < -0.3 is 4.74 Å². The first-order valence-electron chi connectivity index (χ1n) is 8.49. The van der Waals surface area contributed by atoms with Gasteiger partial charge in [-0.25, -0.2) is 0 Å². The van der Waals surface area contributed by atoms with Crippen molar-refractivity contribution in [3.8, 4) is 5.75 Å². The molecule has 118 valence electrons. The zero-order valence-corrected chi connectivity index (χ0v) is 13.8. The zero-order valence-electron chi connectivity index (χ0n) is 13.8. The van der Waals surface area contributed by atoms with E-state index in [2.05, 4.69) is 35.0 Å². The highest BCUT2D eigenvalue weighted by atomic mass is 16.5. The second-order valence-electron chi connectivity index (χ2n) is 6.20. The van der Waals surface area contributed by atoms with Crippen LogP contribution >= 0.6 is 0 Å². The highest BCUT2D eigenvalue weighted by molar-refractivity contribution is 5.87. The third-order valence-electron chi connectivity index (χ3n) is 4.63. The van der Waals surface area contributed by atoms with Crippen LogP contribution in [0.15, 0.2) is 24.4 Å². The molecule has 1 saturated heterocycles. The van der Waals surface area contributed by atoms with Crippen molar-refractivity contribution in [1.82, 2.24) is 9.88 Å². The maximum absolute atomic E-state index is 5.55. The molecule has 0 unspecified atom stereocenters. The Morgan fingerprint density at radius 1 is 1.14 bits per heavy atom. The molecule has 3 rings (SSSR count). The van der Waals surface area contributed by atoms with Crippen LogP contribution < -0.4 is 4.74 Å². The molecule has 22 heavy (non-hydrogen) atoms. The van der Waals surface area contributed by atoms with Crippen molar-refractivity contribution in [2.75, 3.05) is 20.2 Å². The van der Waals surface area contributed by atoms with Gasteiger partial charge in [0.25, 0.3) is 0 Å². The first kappa shape index (κ1) is 15.3. The van der Waals surface area contributed by atoms with Gasteiger partial charge in [-0.15, -0.1) is 0 Å². The molecule has 0 atom stereocenters. The second kappa shape index (κ2) is 7.10. The Morgan fingerprint density at radius 2 is 1.95 bits per heavy atom. The van der Waals surface area contributed by atoms with E-state index in [1.54, 1.807) is 7.11 Å². The Balaban J connectivity index is 1.99. The number of rotatable bonds is 5. The number of likely N-dealkylation sites (tertiary alicyclic amines) is 1. The summed E-state index contributed by atoms with van der Waals surface area (Å²) in [4.78, 5) is 7.24. The normalized spacial score (nSPS) is 16.1. The van der Waals surface area contributed by atoms with Gasteiger partial charge in [-0.05, 0) is 56.1 Å². The number of fused-ring (bicyclic) bond motifs is 1. The van der Waals surface area contributed by atoms with Crippen molar-refractivity contribution < 1.29 is 4.74 Å². The molecule has 1 aromatic carbocycles. The van der Waals surface area contributed by atoms with Gasteiger partial charge in [-0.1, -0.05) is 19.8 Å². The van der Waals surface area contributed by atoms with Gasteiger partial charge in [0.2, 0.25) is 0 Å². The summed E-state index contributed by atoms with van der Waals surface area (Å²) in [6, 6.07) is 6.47. The molecule has 0 N–H and O–H groups in total. The van der Waals surface area contributed by atoms with Crippen molar-refractivity contribution in [1.29, 1.82) is 0 Å². The second-order valence-corrected chi connectivity index (χ2v) is 6.20. The van der Waals surface area contributed by atoms with Crippen LogP contribution in [0.2, 0.25) is 0 Å². The van der Waals surface area contributed by atoms with Gasteiger partial charge in [-0.3, -0.25) is 9.88 Å². The molecule has 0 bridgehead atoms. The molecule has 0 amide bonds. The summed E-state index contributed by atoms with van der Waals surface area (Å²) in [5, 5.41) is 1.29. The first-order chi connectivity index (χ1) is 10.8. The fourth-order valence-electron chi connectivity index (χ4n) is 3.50. The Morgan fingerprint density at radius 3 is 2.68 bits per heavy atom. The number of methoxy groups -OCH3 is 1. The largest absolute Gasteiger partial charge is 0.496 e. The number of pyridine rings is 1. The average molecular weight is 298 g/mol. The molecule has 1 aliphatic rings. The van der Waals surface area contributed by atoms with E-state index in [-0.39, 0.29) is 0 Å². The fourth-order valence-corrected chi connectivity index (χ4v) is 3.50. The Bertz CT molecular complexity index is 633. The maximum Gasteiger partial charge on any atom is 0.124 e. The number of nitrogens with zero attached hydrogens (tertiary/aromatic N) is 2. The highest BCUT2D eigenvalue weighted by Gasteiger charge is 2.15.